The van der Waals surface area contributed by atoms with Crippen molar-refractivity contribution in [3.8, 4) is 6.01 Å². The second kappa shape index (κ2) is 6.17. The van der Waals surface area contributed by atoms with Crippen molar-refractivity contribution in [3.05, 3.63) is 51.3 Å². The van der Waals surface area contributed by atoms with E-state index in [0.29, 0.717) is 17.1 Å². The number of nitro benzene ring substituents is 1. The molecule has 0 bridgehead atoms. The quantitative estimate of drug-likeness (QED) is 0.685. The summed E-state index contributed by atoms with van der Waals surface area (Å²) in [4.78, 5) is 30.6. The Balaban J connectivity index is 2.29. The Morgan fingerprint density at radius 3 is 2.45 bits per heavy atom. The molecule has 2 rings (SSSR count). The molecule has 0 saturated heterocycles. The minimum Gasteiger partial charge on any atom is -0.467 e. The van der Waals surface area contributed by atoms with Crippen LogP contribution in [0.4, 0.5) is 11.4 Å². The Kier molecular flexibility index (Phi) is 4.31. The Bertz CT molecular complexity index is 722. The van der Waals surface area contributed by atoms with Gasteiger partial charge in [0.15, 0.2) is 0 Å². The van der Waals surface area contributed by atoms with Gasteiger partial charge in [-0.2, -0.15) is 9.97 Å². The number of hydrogen-bond donors (Lipinski definition) is 1. The summed E-state index contributed by atoms with van der Waals surface area (Å²) in [6.07, 6.45) is 0. The third kappa shape index (κ3) is 3.17. The van der Waals surface area contributed by atoms with Gasteiger partial charge >= 0.3 is 6.01 Å². The SMILES string of the molecule is COc1nc(C)c(NC(=O)c2cccc([N+](=O)[O-])c2)c(C)n1. The first-order chi connectivity index (χ1) is 10.4. The molecule has 2 aromatic rings. The van der Waals surface area contributed by atoms with Gasteiger partial charge in [-0.15, -0.1) is 0 Å². The van der Waals surface area contributed by atoms with Crippen molar-refractivity contribution in [1.82, 2.24) is 9.97 Å². The number of nitrogens with one attached hydrogen (secondary N) is 1. The maximum absolute atomic E-state index is 12.2. The molecule has 0 saturated carbocycles. The smallest absolute Gasteiger partial charge is 0.316 e. The maximum atomic E-state index is 12.2. The summed E-state index contributed by atoms with van der Waals surface area (Å²) >= 11 is 0. The van der Waals surface area contributed by atoms with Crippen molar-refractivity contribution < 1.29 is 14.5 Å². The normalized spacial score (nSPS) is 10.1. The van der Waals surface area contributed by atoms with Crippen molar-refractivity contribution in [3.63, 3.8) is 0 Å². The molecule has 1 heterocycles. The number of nitro groups is 1. The van der Waals surface area contributed by atoms with Gasteiger partial charge in [0.2, 0.25) is 0 Å². The predicted molar refractivity (Wildman–Crippen MR) is 79.1 cm³/mol. The number of rotatable bonds is 4. The summed E-state index contributed by atoms with van der Waals surface area (Å²) < 4.78 is 4.95. The zero-order chi connectivity index (χ0) is 16.3. The van der Waals surface area contributed by atoms with Crippen LogP contribution in [-0.4, -0.2) is 27.9 Å². The highest BCUT2D eigenvalue weighted by molar-refractivity contribution is 6.05. The van der Waals surface area contributed by atoms with E-state index in [9.17, 15) is 14.9 Å². The lowest BCUT2D eigenvalue weighted by atomic mass is 10.2. The molecule has 22 heavy (non-hydrogen) atoms. The number of anilines is 1. The average molecular weight is 302 g/mol. The number of nitrogens with zero attached hydrogens (tertiary/aromatic N) is 3. The standard InChI is InChI=1S/C14H14N4O4/c1-8-12(9(2)16-14(15-8)22-3)17-13(19)10-5-4-6-11(7-10)18(20)21/h4-7H,1-3H3,(H,17,19). The summed E-state index contributed by atoms with van der Waals surface area (Å²) in [6, 6.07) is 5.70. The van der Waals surface area contributed by atoms with Crippen LogP contribution in [0.3, 0.4) is 0 Å². The van der Waals surface area contributed by atoms with Crippen LogP contribution >= 0.6 is 0 Å². The summed E-state index contributed by atoms with van der Waals surface area (Å²) in [5, 5.41) is 13.4. The second-order valence-corrected chi connectivity index (χ2v) is 4.52. The first-order valence-corrected chi connectivity index (χ1v) is 6.37. The van der Waals surface area contributed by atoms with E-state index in [4.69, 9.17) is 4.74 Å². The van der Waals surface area contributed by atoms with Gasteiger partial charge in [0.1, 0.15) is 0 Å². The van der Waals surface area contributed by atoms with E-state index in [2.05, 4.69) is 15.3 Å². The first kappa shape index (κ1) is 15.4. The number of methoxy groups -OCH3 is 1. The van der Waals surface area contributed by atoms with E-state index < -0.39 is 10.8 Å². The third-order valence-electron chi connectivity index (χ3n) is 2.99. The van der Waals surface area contributed by atoms with Gasteiger partial charge in [-0.25, -0.2) is 0 Å². The van der Waals surface area contributed by atoms with Gasteiger partial charge in [0, 0.05) is 17.7 Å². The molecule has 0 fully saturated rings. The van der Waals surface area contributed by atoms with Gasteiger partial charge in [-0.3, -0.25) is 14.9 Å². The molecule has 0 aliphatic rings. The molecule has 8 nitrogen and oxygen atoms in total. The molecule has 0 spiro atoms. The van der Waals surface area contributed by atoms with Crippen LogP contribution in [0.2, 0.25) is 0 Å². The summed E-state index contributed by atoms with van der Waals surface area (Å²) in [5.41, 5.74) is 1.58. The van der Waals surface area contributed by atoms with Gasteiger partial charge in [-0.05, 0) is 19.9 Å². The number of benzene rings is 1. The molecule has 0 aliphatic carbocycles. The highest BCUT2D eigenvalue weighted by Crippen LogP contribution is 2.21. The van der Waals surface area contributed by atoms with Crippen molar-refractivity contribution >= 4 is 17.3 Å². The number of non-ortho nitro benzene ring substituents is 1. The summed E-state index contributed by atoms with van der Waals surface area (Å²) in [7, 11) is 1.45. The van der Waals surface area contributed by atoms with Gasteiger partial charge < -0.3 is 10.1 Å². The van der Waals surface area contributed by atoms with Crippen LogP contribution in [0.15, 0.2) is 24.3 Å². The van der Waals surface area contributed by atoms with E-state index >= 15 is 0 Å². The molecule has 1 aromatic carbocycles. The molecule has 0 aliphatic heterocycles. The number of carbonyl (C=O) groups is 1. The van der Waals surface area contributed by atoms with Crippen LogP contribution in [0.5, 0.6) is 6.01 Å². The maximum Gasteiger partial charge on any atom is 0.316 e. The van der Waals surface area contributed by atoms with Crippen LogP contribution in [-0.2, 0) is 0 Å². The van der Waals surface area contributed by atoms with Gasteiger partial charge in [0.25, 0.3) is 11.6 Å². The van der Waals surface area contributed by atoms with Crippen LogP contribution in [0, 0.1) is 24.0 Å². The lowest BCUT2D eigenvalue weighted by Crippen LogP contribution is -2.15. The Morgan fingerprint density at radius 1 is 1.27 bits per heavy atom. The molecular formula is C14H14N4O4. The van der Waals surface area contributed by atoms with Crippen LogP contribution in [0.1, 0.15) is 21.7 Å². The van der Waals surface area contributed by atoms with Crippen molar-refractivity contribution in [2.24, 2.45) is 0 Å². The van der Waals surface area contributed by atoms with E-state index in [-0.39, 0.29) is 17.3 Å². The Hall–Kier alpha value is -3.03. The number of ether oxygens (including phenoxy) is 1. The second-order valence-electron chi connectivity index (χ2n) is 4.52. The minimum atomic E-state index is -0.552. The fourth-order valence-corrected chi connectivity index (χ4v) is 1.90. The zero-order valence-corrected chi connectivity index (χ0v) is 12.3. The fourth-order valence-electron chi connectivity index (χ4n) is 1.90. The molecule has 1 N–H and O–H groups in total. The third-order valence-corrected chi connectivity index (χ3v) is 2.99. The van der Waals surface area contributed by atoms with E-state index in [1.54, 1.807) is 13.8 Å². The Labute approximate surface area is 126 Å². The highest BCUT2D eigenvalue weighted by atomic mass is 16.6. The summed E-state index contributed by atoms with van der Waals surface area (Å²) in [6.45, 7) is 3.42. The fraction of sp³-hybridized carbons (Fsp3) is 0.214. The number of aromatic nitrogens is 2. The molecule has 0 radical (unpaired) electrons. The predicted octanol–water partition coefficient (Wildman–Crippen LogP) is 2.26. The Morgan fingerprint density at radius 2 is 1.91 bits per heavy atom. The van der Waals surface area contributed by atoms with Crippen LogP contribution < -0.4 is 10.1 Å². The molecule has 8 heteroatoms. The molecular weight excluding hydrogens is 288 g/mol. The summed E-state index contributed by atoms with van der Waals surface area (Å²) in [5.74, 6) is -0.469. The molecule has 0 atom stereocenters. The minimum absolute atomic E-state index is 0.146. The van der Waals surface area contributed by atoms with Gasteiger partial charge in [0.05, 0.1) is 29.1 Å². The van der Waals surface area contributed by atoms with Crippen molar-refractivity contribution in [2.45, 2.75) is 13.8 Å². The lowest BCUT2D eigenvalue weighted by Gasteiger charge is -2.11. The number of hydrogen-bond acceptors (Lipinski definition) is 6. The van der Waals surface area contributed by atoms with E-state index in [0.717, 1.165) is 0 Å². The first-order valence-electron chi connectivity index (χ1n) is 6.37. The van der Waals surface area contributed by atoms with Gasteiger partial charge in [-0.1, -0.05) is 6.07 Å². The molecule has 1 aromatic heterocycles. The number of aryl methyl sites for hydroxylation is 2. The van der Waals surface area contributed by atoms with Crippen molar-refractivity contribution in [2.75, 3.05) is 12.4 Å². The number of amides is 1. The van der Waals surface area contributed by atoms with Crippen LogP contribution in [0.25, 0.3) is 0 Å². The largest absolute Gasteiger partial charge is 0.467 e. The molecule has 0 unspecified atom stereocenters. The number of carbonyl (C=O) groups excluding carboxylic acids is 1. The monoisotopic (exact) mass is 302 g/mol. The van der Waals surface area contributed by atoms with E-state index in [1.807, 2.05) is 0 Å². The van der Waals surface area contributed by atoms with Crippen molar-refractivity contribution in [1.29, 1.82) is 0 Å². The highest BCUT2D eigenvalue weighted by Gasteiger charge is 2.15. The molecule has 1 amide bonds. The topological polar surface area (TPSA) is 107 Å². The zero-order valence-electron chi connectivity index (χ0n) is 12.3. The average Bonchev–Trinajstić information content (AvgIpc) is 2.50. The van der Waals surface area contributed by atoms with E-state index in [1.165, 1.54) is 31.4 Å². The molecule has 114 valence electrons. The lowest BCUT2D eigenvalue weighted by molar-refractivity contribution is -0.384.